The molecule has 16 heteroatoms. The fourth-order valence-corrected chi connectivity index (χ4v) is 4.06. The van der Waals surface area contributed by atoms with E-state index in [1.165, 1.54) is 0 Å². The Morgan fingerprint density at radius 2 is 1.21 bits per heavy atom. The van der Waals surface area contributed by atoms with Gasteiger partial charge in [-0.25, -0.2) is 4.79 Å². The van der Waals surface area contributed by atoms with E-state index in [2.05, 4.69) is 25.9 Å². The maximum absolute atomic E-state index is 13.5. The molecule has 16 nitrogen and oxygen atoms in total. The summed E-state index contributed by atoms with van der Waals surface area (Å²) in [6, 6.07) is 4.63. The molecule has 0 spiro atoms. The maximum atomic E-state index is 13.5. The second-order valence-corrected chi connectivity index (χ2v) is 10.0. The number of amides is 3. The molecule has 0 aliphatic rings. The average Bonchev–Trinajstić information content (AvgIpc) is 2.95. The maximum Gasteiger partial charge on any atom is 0.326 e. The lowest BCUT2D eigenvalue weighted by molar-refractivity contribution is -0.142. The van der Waals surface area contributed by atoms with E-state index in [-0.39, 0.29) is 50.7 Å². The van der Waals surface area contributed by atoms with E-state index in [1.54, 1.807) is 24.3 Å². The predicted molar refractivity (Wildman–Crippen MR) is 164 cm³/mol. The molecule has 3 amide bonds. The van der Waals surface area contributed by atoms with Gasteiger partial charge in [-0.15, -0.1) is 0 Å². The largest absolute Gasteiger partial charge is 0.480 e. The Morgan fingerprint density at radius 3 is 1.77 bits per heavy atom. The third-order valence-electron chi connectivity index (χ3n) is 6.36. The first-order valence-corrected chi connectivity index (χ1v) is 14.2. The number of carbonyl (C=O) groups excluding carboxylic acids is 3. The molecule has 0 aromatic heterocycles. The predicted octanol–water partition coefficient (Wildman–Crippen LogP) is -2.67. The fourth-order valence-electron chi connectivity index (χ4n) is 4.06. The van der Waals surface area contributed by atoms with Gasteiger partial charge in [0.1, 0.15) is 18.1 Å². The topological polar surface area (TPSA) is 305 Å². The molecule has 0 fully saturated rings. The van der Waals surface area contributed by atoms with Crippen molar-refractivity contribution in [1.82, 2.24) is 16.0 Å². The molecular formula is C27H47N11O5. The van der Waals surface area contributed by atoms with Crippen molar-refractivity contribution in [3.63, 3.8) is 0 Å². The van der Waals surface area contributed by atoms with Crippen LogP contribution in [-0.4, -0.2) is 84.5 Å². The van der Waals surface area contributed by atoms with Crippen molar-refractivity contribution in [3.8, 4) is 0 Å². The van der Waals surface area contributed by atoms with Crippen molar-refractivity contribution in [2.24, 2.45) is 44.4 Å². The number of benzene rings is 1. The Bertz CT molecular complexity index is 1080. The Labute approximate surface area is 251 Å². The lowest BCUT2D eigenvalue weighted by atomic mass is 10.0. The van der Waals surface area contributed by atoms with Crippen molar-refractivity contribution >= 4 is 35.6 Å². The summed E-state index contributed by atoms with van der Waals surface area (Å²) in [5, 5.41) is 17.5. The number of aliphatic imine (C=N–C) groups is 2. The first kappa shape index (κ1) is 36.6. The minimum atomic E-state index is -1.21. The molecule has 0 aliphatic carbocycles. The second-order valence-electron chi connectivity index (χ2n) is 10.0. The summed E-state index contributed by atoms with van der Waals surface area (Å²) in [6.07, 6.45) is 2.47. The molecular weight excluding hydrogens is 558 g/mol. The SMILES string of the molecule is NCCCCC(NC(=O)C(CCCN=C(N)N)NC(=O)C(Cc1ccccc1)NC(=O)C(N)CCCN=C(N)N)C(=O)O. The molecule has 1 aromatic carbocycles. The van der Waals surface area contributed by atoms with Crippen LogP contribution in [0, 0.1) is 0 Å². The molecule has 240 valence electrons. The van der Waals surface area contributed by atoms with Crippen LogP contribution >= 0.6 is 0 Å². The van der Waals surface area contributed by atoms with Crippen LogP contribution in [0.5, 0.6) is 0 Å². The van der Waals surface area contributed by atoms with Crippen molar-refractivity contribution in [1.29, 1.82) is 0 Å². The number of nitrogens with two attached hydrogens (primary N) is 6. The molecule has 0 radical (unpaired) electrons. The molecule has 16 N–H and O–H groups in total. The van der Waals surface area contributed by atoms with Gasteiger partial charge < -0.3 is 55.5 Å². The van der Waals surface area contributed by atoms with Crippen LogP contribution in [0.15, 0.2) is 40.3 Å². The van der Waals surface area contributed by atoms with Crippen molar-refractivity contribution in [2.75, 3.05) is 19.6 Å². The summed E-state index contributed by atoms with van der Waals surface area (Å²) in [4.78, 5) is 59.2. The smallest absolute Gasteiger partial charge is 0.326 e. The zero-order valence-electron chi connectivity index (χ0n) is 24.4. The molecule has 0 heterocycles. The number of guanidine groups is 2. The molecule has 43 heavy (non-hydrogen) atoms. The Morgan fingerprint density at radius 1 is 0.698 bits per heavy atom. The van der Waals surface area contributed by atoms with E-state index in [1.807, 2.05) is 6.07 Å². The first-order chi connectivity index (χ1) is 20.4. The standard InChI is InChI=1S/C27H47N11O5/c28-13-5-4-11-20(25(42)43)37-23(40)19(12-7-15-35-27(32)33)36-24(41)21(16-17-8-2-1-3-9-17)38-22(39)18(29)10-6-14-34-26(30)31/h1-3,8-9,18-21H,4-7,10-16,28-29H2,(H,36,41)(H,37,40)(H,38,39)(H,42,43)(H4,30,31,34)(H4,32,33,35). The Kier molecular flexibility index (Phi) is 17.4. The van der Waals surface area contributed by atoms with Crippen LogP contribution in [0.2, 0.25) is 0 Å². The van der Waals surface area contributed by atoms with Gasteiger partial charge in [0.25, 0.3) is 0 Å². The van der Waals surface area contributed by atoms with E-state index in [0.29, 0.717) is 32.2 Å². The number of nitrogens with zero attached hydrogens (tertiary/aromatic N) is 2. The zero-order chi connectivity index (χ0) is 32.2. The molecule has 0 aliphatic heterocycles. The van der Waals surface area contributed by atoms with Gasteiger partial charge in [-0.05, 0) is 57.1 Å². The highest BCUT2D eigenvalue weighted by Crippen LogP contribution is 2.08. The lowest BCUT2D eigenvalue weighted by Crippen LogP contribution is -2.57. The number of aliphatic carboxylic acids is 1. The number of hydrogen-bond donors (Lipinski definition) is 10. The van der Waals surface area contributed by atoms with Crippen LogP contribution in [0.4, 0.5) is 0 Å². The summed E-state index contributed by atoms with van der Waals surface area (Å²) in [6.45, 7) is 0.857. The highest BCUT2D eigenvalue weighted by molar-refractivity contribution is 5.94. The monoisotopic (exact) mass is 605 g/mol. The van der Waals surface area contributed by atoms with Crippen LogP contribution in [0.1, 0.15) is 50.5 Å². The summed E-state index contributed by atoms with van der Waals surface area (Å²) < 4.78 is 0. The number of rotatable bonds is 21. The number of hydrogen-bond acceptors (Lipinski definition) is 8. The van der Waals surface area contributed by atoms with Gasteiger partial charge in [-0.2, -0.15) is 0 Å². The third-order valence-corrected chi connectivity index (χ3v) is 6.36. The average molecular weight is 606 g/mol. The highest BCUT2D eigenvalue weighted by Gasteiger charge is 2.30. The quantitative estimate of drug-likeness (QED) is 0.0391. The normalized spacial score (nSPS) is 13.4. The minimum Gasteiger partial charge on any atom is -0.480 e. The summed E-state index contributed by atoms with van der Waals surface area (Å²) in [7, 11) is 0. The van der Waals surface area contributed by atoms with Gasteiger partial charge >= 0.3 is 5.97 Å². The van der Waals surface area contributed by atoms with Crippen LogP contribution in [0.3, 0.4) is 0 Å². The van der Waals surface area contributed by atoms with Crippen LogP contribution in [-0.2, 0) is 25.6 Å². The first-order valence-electron chi connectivity index (χ1n) is 14.2. The molecule has 4 atom stereocenters. The number of carboxylic acid groups (broad SMARTS) is 1. The molecule has 0 saturated carbocycles. The Balaban J connectivity index is 3.10. The fraction of sp³-hybridized carbons (Fsp3) is 0.556. The molecule has 1 rings (SSSR count). The number of carboxylic acids is 1. The summed E-state index contributed by atoms with van der Waals surface area (Å²) >= 11 is 0. The summed E-state index contributed by atoms with van der Waals surface area (Å²) in [5.41, 5.74) is 33.7. The zero-order valence-corrected chi connectivity index (χ0v) is 24.4. The number of nitrogens with one attached hydrogen (secondary N) is 3. The Hall–Kier alpha value is -4.44. The summed E-state index contributed by atoms with van der Waals surface area (Å²) in [5.74, 6) is -3.32. The molecule has 0 bridgehead atoms. The van der Waals surface area contributed by atoms with Gasteiger partial charge in [-0.1, -0.05) is 30.3 Å². The van der Waals surface area contributed by atoms with Crippen molar-refractivity contribution in [2.45, 2.75) is 75.5 Å². The second kappa shape index (κ2) is 20.4. The van der Waals surface area contributed by atoms with E-state index in [9.17, 15) is 24.3 Å². The lowest BCUT2D eigenvalue weighted by Gasteiger charge is -2.25. The van der Waals surface area contributed by atoms with Crippen molar-refractivity contribution < 1.29 is 24.3 Å². The third kappa shape index (κ3) is 16.0. The van der Waals surface area contributed by atoms with E-state index in [4.69, 9.17) is 34.4 Å². The van der Waals surface area contributed by atoms with Crippen LogP contribution < -0.4 is 50.4 Å². The minimum absolute atomic E-state index is 0.0697. The van der Waals surface area contributed by atoms with Gasteiger partial charge in [0.15, 0.2) is 11.9 Å². The van der Waals surface area contributed by atoms with Gasteiger partial charge in [0.05, 0.1) is 6.04 Å². The van der Waals surface area contributed by atoms with Crippen LogP contribution in [0.25, 0.3) is 0 Å². The van der Waals surface area contributed by atoms with Gasteiger partial charge in [-0.3, -0.25) is 24.4 Å². The number of carbonyl (C=O) groups is 4. The van der Waals surface area contributed by atoms with E-state index < -0.39 is 47.9 Å². The van der Waals surface area contributed by atoms with Gasteiger partial charge in [0.2, 0.25) is 17.7 Å². The van der Waals surface area contributed by atoms with E-state index in [0.717, 1.165) is 5.56 Å². The molecule has 0 saturated heterocycles. The van der Waals surface area contributed by atoms with Gasteiger partial charge in [0, 0.05) is 19.5 Å². The molecule has 1 aromatic rings. The highest BCUT2D eigenvalue weighted by atomic mass is 16.4. The number of unbranched alkanes of at least 4 members (excludes halogenated alkanes) is 1. The molecule has 4 unspecified atom stereocenters. The van der Waals surface area contributed by atoms with Crippen molar-refractivity contribution in [3.05, 3.63) is 35.9 Å². The van der Waals surface area contributed by atoms with E-state index >= 15 is 0 Å².